The molecule has 0 aliphatic rings. The molecule has 3 nitrogen and oxygen atoms in total. The summed E-state index contributed by atoms with van der Waals surface area (Å²) in [4.78, 5) is 0. The predicted molar refractivity (Wildman–Crippen MR) is 66.8 cm³/mol. The molecule has 90 valence electrons. The van der Waals surface area contributed by atoms with Gasteiger partial charge in [-0.2, -0.15) is 0 Å². The summed E-state index contributed by atoms with van der Waals surface area (Å²) in [6.07, 6.45) is 1.68. The summed E-state index contributed by atoms with van der Waals surface area (Å²) in [5.74, 6) is 1.22. The first-order valence-electron chi connectivity index (χ1n) is 5.75. The lowest BCUT2D eigenvalue weighted by molar-refractivity contribution is 0.402. The molecule has 0 amide bonds. The Hall–Kier alpha value is -1.74. The number of nitrogens with one attached hydrogen (secondary N) is 1. The molecule has 1 heterocycles. The highest BCUT2D eigenvalue weighted by Gasteiger charge is 2.12. The third-order valence-corrected chi connectivity index (χ3v) is 2.86. The molecule has 2 rings (SSSR count). The van der Waals surface area contributed by atoms with Crippen molar-refractivity contribution in [2.24, 2.45) is 0 Å². The van der Waals surface area contributed by atoms with Gasteiger partial charge in [0.25, 0.3) is 0 Å². The first-order chi connectivity index (χ1) is 8.16. The van der Waals surface area contributed by atoms with E-state index in [0.717, 1.165) is 11.3 Å². The predicted octanol–water partition coefficient (Wildman–Crippen LogP) is 3.40. The first kappa shape index (κ1) is 11.7. The first-order valence-corrected chi connectivity index (χ1v) is 5.75. The molecule has 3 heteroatoms. The zero-order valence-electron chi connectivity index (χ0n) is 10.1. The summed E-state index contributed by atoms with van der Waals surface area (Å²) in [6, 6.07) is 11.4. The number of furan rings is 1. The van der Waals surface area contributed by atoms with Gasteiger partial charge in [-0.1, -0.05) is 12.1 Å². The van der Waals surface area contributed by atoms with Gasteiger partial charge in [-0.05, 0) is 43.7 Å². The van der Waals surface area contributed by atoms with Gasteiger partial charge in [0.1, 0.15) is 11.5 Å². The van der Waals surface area contributed by atoms with Crippen LogP contribution in [0.2, 0.25) is 0 Å². The second-order valence-electron chi connectivity index (χ2n) is 4.22. The number of hydrogen-bond acceptors (Lipinski definition) is 3. The molecule has 2 atom stereocenters. The average molecular weight is 231 g/mol. The molecule has 0 saturated heterocycles. The van der Waals surface area contributed by atoms with Gasteiger partial charge in [-0.3, -0.25) is 0 Å². The largest absolute Gasteiger partial charge is 0.508 e. The molecule has 0 saturated carbocycles. The van der Waals surface area contributed by atoms with Gasteiger partial charge in [0.15, 0.2) is 0 Å². The third-order valence-electron chi connectivity index (χ3n) is 2.86. The number of rotatable bonds is 4. The highest BCUT2D eigenvalue weighted by atomic mass is 16.3. The van der Waals surface area contributed by atoms with Crippen molar-refractivity contribution in [1.82, 2.24) is 5.32 Å². The van der Waals surface area contributed by atoms with Crippen molar-refractivity contribution in [3.63, 3.8) is 0 Å². The quantitative estimate of drug-likeness (QED) is 0.847. The molecule has 0 bridgehead atoms. The molecule has 0 aliphatic heterocycles. The fourth-order valence-corrected chi connectivity index (χ4v) is 1.85. The van der Waals surface area contributed by atoms with E-state index in [1.54, 1.807) is 18.4 Å². The molecule has 0 fully saturated rings. The monoisotopic (exact) mass is 231 g/mol. The van der Waals surface area contributed by atoms with Gasteiger partial charge >= 0.3 is 0 Å². The molecule has 2 aromatic rings. The smallest absolute Gasteiger partial charge is 0.120 e. The minimum Gasteiger partial charge on any atom is -0.508 e. The summed E-state index contributed by atoms with van der Waals surface area (Å²) >= 11 is 0. The van der Waals surface area contributed by atoms with Crippen LogP contribution in [0.25, 0.3) is 0 Å². The summed E-state index contributed by atoms with van der Waals surface area (Å²) in [7, 11) is 0. The van der Waals surface area contributed by atoms with Crippen molar-refractivity contribution in [1.29, 1.82) is 0 Å². The molecule has 0 spiro atoms. The van der Waals surface area contributed by atoms with E-state index in [2.05, 4.69) is 19.2 Å². The Morgan fingerprint density at radius 1 is 1.06 bits per heavy atom. The van der Waals surface area contributed by atoms with E-state index in [9.17, 15) is 5.11 Å². The third kappa shape index (κ3) is 2.88. The van der Waals surface area contributed by atoms with Crippen LogP contribution in [0.1, 0.15) is 37.3 Å². The normalized spacial score (nSPS) is 14.5. The summed E-state index contributed by atoms with van der Waals surface area (Å²) in [5, 5.41) is 12.7. The SMILES string of the molecule is CC(N[C@@H](C)c1ccco1)c1ccc(O)cc1. The van der Waals surface area contributed by atoms with Gasteiger partial charge in [0.05, 0.1) is 12.3 Å². The topological polar surface area (TPSA) is 45.4 Å². The Labute approximate surface area is 101 Å². The van der Waals surface area contributed by atoms with Crippen molar-refractivity contribution in [3.8, 4) is 5.75 Å². The van der Waals surface area contributed by atoms with Crippen LogP contribution in [0.4, 0.5) is 0 Å². The maximum atomic E-state index is 9.24. The highest BCUT2D eigenvalue weighted by molar-refractivity contribution is 5.27. The van der Waals surface area contributed by atoms with Gasteiger partial charge in [0, 0.05) is 6.04 Å². The van der Waals surface area contributed by atoms with Crippen LogP contribution in [0, 0.1) is 0 Å². The van der Waals surface area contributed by atoms with Gasteiger partial charge in [-0.25, -0.2) is 0 Å². The second-order valence-corrected chi connectivity index (χ2v) is 4.22. The van der Waals surface area contributed by atoms with Crippen LogP contribution < -0.4 is 5.32 Å². The fraction of sp³-hybridized carbons (Fsp3) is 0.286. The van der Waals surface area contributed by atoms with Crippen molar-refractivity contribution < 1.29 is 9.52 Å². The molecule has 17 heavy (non-hydrogen) atoms. The standard InChI is InChI=1S/C14H17NO2/c1-10(12-5-7-13(16)8-6-12)15-11(2)14-4-3-9-17-14/h3-11,15-16H,1-2H3/t10?,11-/m0/s1. The second kappa shape index (κ2) is 5.06. The Morgan fingerprint density at radius 3 is 2.35 bits per heavy atom. The fourth-order valence-electron chi connectivity index (χ4n) is 1.85. The highest BCUT2D eigenvalue weighted by Crippen LogP contribution is 2.21. The van der Waals surface area contributed by atoms with Gasteiger partial charge < -0.3 is 14.8 Å². The molecular weight excluding hydrogens is 214 g/mol. The van der Waals surface area contributed by atoms with Crippen LogP contribution >= 0.6 is 0 Å². The van der Waals surface area contributed by atoms with Gasteiger partial charge in [-0.15, -0.1) is 0 Å². The molecular formula is C14H17NO2. The number of phenols is 1. The summed E-state index contributed by atoms with van der Waals surface area (Å²) < 4.78 is 5.35. The number of aromatic hydroxyl groups is 1. The molecule has 0 aliphatic carbocycles. The van der Waals surface area contributed by atoms with Crippen molar-refractivity contribution >= 4 is 0 Å². The Morgan fingerprint density at radius 2 is 1.76 bits per heavy atom. The van der Waals surface area contributed by atoms with Gasteiger partial charge in [0.2, 0.25) is 0 Å². The van der Waals surface area contributed by atoms with E-state index >= 15 is 0 Å². The molecule has 1 aromatic heterocycles. The van der Waals surface area contributed by atoms with Crippen LogP contribution in [0.3, 0.4) is 0 Å². The Balaban J connectivity index is 2.01. The van der Waals surface area contributed by atoms with E-state index in [-0.39, 0.29) is 12.1 Å². The molecule has 0 radical (unpaired) electrons. The van der Waals surface area contributed by atoms with Crippen LogP contribution in [0.5, 0.6) is 5.75 Å². The number of hydrogen-bond donors (Lipinski definition) is 2. The minimum absolute atomic E-state index is 0.161. The average Bonchev–Trinajstić information content (AvgIpc) is 2.83. The zero-order chi connectivity index (χ0) is 12.3. The van der Waals surface area contributed by atoms with Crippen LogP contribution in [-0.4, -0.2) is 5.11 Å². The van der Waals surface area contributed by atoms with Crippen molar-refractivity contribution in [2.75, 3.05) is 0 Å². The Kier molecular flexibility index (Phi) is 3.49. The van der Waals surface area contributed by atoms with Crippen molar-refractivity contribution in [3.05, 3.63) is 54.0 Å². The zero-order valence-corrected chi connectivity index (χ0v) is 10.1. The lowest BCUT2D eigenvalue weighted by Gasteiger charge is -2.18. The number of phenolic OH excluding ortho intramolecular Hbond substituents is 1. The van der Waals surface area contributed by atoms with E-state index in [1.165, 1.54) is 0 Å². The summed E-state index contributed by atoms with van der Waals surface area (Å²) in [5.41, 5.74) is 1.14. The van der Waals surface area contributed by atoms with Crippen LogP contribution in [0.15, 0.2) is 47.1 Å². The minimum atomic E-state index is 0.161. The van der Waals surface area contributed by atoms with E-state index in [1.807, 2.05) is 24.3 Å². The molecule has 1 aromatic carbocycles. The van der Waals surface area contributed by atoms with E-state index in [4.69, 9.17) is 4.42 Å². The number of benzene rings is 1. The maximum absolute atomic E-state index is 9.24. The molecule has 2 N–H and O–H groups in total. The molecule has 1 unspecified atom stereocenters. The van der Waals surface area contributed by atoms with E-state index in [0.29, 0.717) is 5.75 Å². The van der Waals surface area contributed by atoms with Crippen LogP contribution in [-0.2, 0) is 0 Å². The Bertz CT molecular complexity index is 448. The summed E-state index contributed by atoms with van der Waals surface area (Å²) in [6.45, 7) is 4.15. The van der Waals surface area contributed by atoms with E-state index < -0.39 is 0 Å². The van der Waals surface area contributed by atoms with Crippen molar-refractivity contribution in [2.45, 2.75) is 25.9 Å². The lowest BCUT2D eigenvalue weighted by atomic mass is 10.1. The lowest BCUT2D eigenvalue weighted by Crippen LogP contribution is -2.22. The maximum Gasteiger partial charge on any atom is 0.120 e.